The smallest absolute Gasteiger partial charge is 0.254 e. The molecule has 0 bridgehead atoms. The van der Waals surface area contributed by atoms with Gasteiger partial charge in [-0.1, -0.05) is 11.8 Å². The number of aliphatic hydroxyl groups is 1. The number of carbonyl (C=O) groups excluding carboxylic acids is 1. The number of carbonyl (C=O) groups is 1. The minimum absolute atomic E-state index is 0.0867. The van der Waals surface area contributed by atoms with Gasteiger partial charge < -0.3 is 14.9 Å². The van der Waals surface area contributed by atoms with Crippen molar-refractivity contribution in [2.45, 2.75) is 6.42 Å². The highest BCUT2D eigenvalue weighted by atomic mass is 32.1. The summed E-state index contributed by atoms with van der Waals surface area (Å²) in [6.45, 7) is 3.41. The SMILES string of the molecule is CN1CCCN(C(=O)c2csc(C#CCO)c2)CC1. The van der Waals surface area contributed by atoms with Gasteiger partial charge >= 0.3 is 0 Å². The fourth-order valence-corrected chi connectivity index (χ4v) is 2.82. The van der Waals surface area contributed by atoms with E-state index in [2.05, 4.69) is 23.8 Å². The molecule has 1 amide bonds. The van der Waals surface area contributed by atoms with Crippen molar-refractivity contribution < 1.29 is 9.90 Å². The molecule has 0 aromatic carbocycles. The Kier molecular flexibility index (Phi) is 4.97. The van der Waals surface area contributed by atoms with Crippen LogP contribution in [0.1, 0.15) is 21.7 Å². The van der Waals surface area contributed by atoms with Gasteiger partial charge in [0, 0.05) is 25.0 Å². The van der Waals surface area contributed by atoms with Gasteiger partial charge in [-0.2, -0.15) is 0 Å². The molecule has 0 atom stereocenters. The van der Waals surface area contributed by atoms with Gasteiger partial charge in [0.05, 0.1) is 10.4 Å². The lowest BCUT2D eigenvalue weighted by Gasteiger charge is -2.19. The molecule has 1 aromatic heterocycles. The fraction of sp³-hybridized carbons (Fsp3) is 0.500. The number of rotatable bonds is 1. The molecule has 2 rings (SSSR count). The number of hydrogen-bond donors (Lipinski definition) is 1. The van der Waals surface area contributed by atoms with Crippen molar-refractivity contribution >= 4 is 17.2 Å². The molecule has 1 fully saturated rings. The van der Waals surface area contributed by atoms with E-state index in [0.29, 0.717) is 5.56 Å². The summed E-state index contributed by atoms with van der Waals surface area (Å²) in [5, 5.41) is 10.5. The minimum Gasteiger partial charge on any atom is -0.384 e. The standard InChI is InChI=1S/C14H18N2O2S/c1-15-5-3-6-16(8-7-15)14(18)12-10-13(19-11-12)4-2-9-17/h10-11,17H,3,5-9H2,1H3. The number of aliphatic hydroxyl groups excluding tert-OH is 1. The Bertz CT molecular complexity index is 501. The highest BCUT2D eigenvalue weighted by Gasteiger charge is 2.19. The van der Waals surface area contributed by atoms with Crippen LogP contribution >= 0.6 is 11.3 Å². The van der Waals surface area contributed by atoms with Crippen LogP contribution in [-0.2, 0) is 0 Å². The lowest BCUT2D eigenvalue weighted by Crippen LogP contribution is -2.34. The number of likely N-dealkylation sites (N-methyl/N-ethyl adjacent to an activating group) is 1. The summed E-state index contributed by atoms with van der Waals surface area (Å²) in [5.74, 6) is 5.51. The van der Waals surface area contributed by atoms with Gasteiger partial charge in [-0.05, 0) is 26.1 Å². The maximum Gasteiger partial charge on any atom is 0.254 e. The fourth-order valence-electron chi connectivity index (χ4n) is 2.07. The van der Waals surface area contributed by atoms with Crippen molar-refractivity contribution in [2.75, 3.05) is 39.8 Å². The molecule has 0 aliphatic carbocycles. The summed E-state index contributed by atoms with van der Waals surface area (Å²) >= 11 is 1.44. The van der Waals surface area contributed by atoms with Crippen molar-refractivity contribution in [1.82, 2.24) is 9.80 Å². The molecule has 2 heterocycles. The average Bonchev–Trinajstić information content (AvgIpc) is 2.78. The Morgan fingerprint density at radius 3 is 3.05 bits per heavy atom. The molecule has 19 heavy (non-hydrogen) atoms. The average molecular weight is 278 g/mol. The molecule has 5 heteroatoms. The van der Waals surface area contributed by atoms with Crippen LogP contribution in [0.15, 0.2) is 11.4 Å². The molecule has 1 N–H and O–H groups in total. The van der Waals surface area contributed by atoms with Crippen molar-refractivity contribution in [3.05, 3.63) is 21.9 Å². The van der Waals surface area contributed by atoms with E-state index >= 15 is 0 Å². The number of thiophene rings is 1. The van der Waals surface area contributed by atoms with Gasteiger partial charge in [-0.25, -0.2) is 0 Å². The lowest BCUT2D eigenvalue weighted by atomic mass is 10.2. The predicted octanol–water partition coefficient (Wildman–Crippen LogP) is 0.870. The van der Waals surface area contributed by atoms with Crippen molar-refractivity contribution in [1.29, 1.82) is 0 Å². The van der Waals surface area contributed by atoms with Crippen LogP contribution in [0.5, 0.6) is 0 Å². The Hall–Kier alpha value is -1.35. The third-order valence-electron chi connectivity index (χ3n) is 3.14. The van der Waals surface area contributed by atoms with Gasteiger partial charge in [-0.15, -0.1) is 11.3 Å². The highest BCUT2D eigenvalue weighted by molar-refractivity contribution is 7.10. The van der Waals surface area contributed by atoms with Gasteiger partial charge in [-0.3, -0.25) is 4.79 Å². The first kappa shape index (κ1) is 14.1. The van der Waals surface area contributed by atoms with E-state index in [1.165, 1.54) is 11.3 Å². The molecule has 1 aliphatic heterocycles. The summed E-state index contributed by atoms with van der Waals surface area (Å²) in [5.41, 5.74) is 0.705. The van der Waals surface area contributed by atoms with Gasteiger partial charge in [0.2, 0.25) is 0 Å². The molecule has 102 valence electrons. The quantitative estimate of drug-likeness (QED) is 0.775. The first-order chi connectivity index (χ1) is 9.20. The van der Waals surface area contributed by atoms with Crippen molar-refractivity contribution in [2.24, 2.45) is 0 Å². The zero-order valence-corrected chi connectivity index (χ0v) is 11.9. The van der Waals surface area contributed by atoms with Crippen LogP contribution in [0.3, 0.4) is 0 Å². The summed E-state index contributed by atoms with van der Waals surface area (Å²) in [6, 6.07) is 1.81. The molecule has 0 unspecified atom stereocenters. The number of hydrogen-bond acceptors (Lipinski definition) is 4. The molecule has 0 radical (unpaired) electrons. The molecule has 1 aliphatic rings. The first-order valence-corrected chi connectivity index (χ1v) is 7.25. The van der Waals surface area contributed by atoms with Crippen LogP contribution < -0.4 is 0 Å². The summed E-state index contributed by atoms with van der Waals surface area (Å²) < 4.78 is 0. The van der Waals surface area contributed by atoms with Crippen LogP contribution in [0.25, 0.3) is 0 Å². The Morgan fingerprint density at radius 1 is 1.42 bits per heavy atom. The molecule has 1 saturated heterocycles. The van der Waals surface area contributed by atoms with Crippen LogP contribution in [-0.4, -0.2) is 60.6 Å². The van der Waals surface area contributed by atoms with Gasteiger partial charge in [0.1, 0.15) is 6.61 Å². The maximum absolute atomic E-state index is 12.4. The number of amides is 1. The summed E-state index contributed by atoms with van der Waals surface area (Å²) in [7, 11) is 2.08. The molecule has 4 nitrogen and oxygen atoms in total. The second kappa shape index (κ2) is 6.71. The second-order valence-electron chi connectivity index (χ2n) is 4.61. The van der Waals surface area contributed by atoms with E-state index in [4.69, 9.17) is 5.11 Å². The van der Waals surface area contributed by atoms with E-state index in [0.717, 1.165) is 37.5 Å². The van der Waals surface area contributed by atoms with E-state index < -0.39 is 0 Å². The largest absolute Gasteiger partial charge is 0.384 e. The minimum atomic E-state index is -0.153. The van der Waals surface area contributed by atoms with E-state index in [1.807, 2.05) is 16.3 Å². The molecule has 1 aromatic rings. The monoisotopic (exact) mass is 278 g/mol. The maximum atomic E-state index is 12.4. The Morgan fingerprint density at radius 2 is 2.26 bits per heavy atom. The first-order valence-electron chi connectivity index (χ1n) is 6.37. The molecular weight excluding hydrogens is 260 g/mol. The van der Waals surface area contributed by atoms with Crippen LogP contribution in [0, 0.1) is 11.8 Å². The zero-order chi connectivity index (χ0) is 13.7. The normalized spacial score (nSPS) is 16.6. The Labute approximate surface area is 117 Å². The van der Waals surface area contributed by atoms with Crippen molar-refractivity contribution in [3.63, 3.8) is 0 Å². The second-order valence-corrected chi connectivity index (χ2v) is 5.52. The van der Waals surface area contributed by atoms with E-state index in [-0.39, 0.29) is 12.5 Å². The summed E-state index contributed by atoms with van der Waals surface area (Å²) in [6.07, 6.45) is 1.02. The lowest BCUT2D eigenvalue weighted by molar-refractivity contribution is 0.0763. The Balaban J connectivity index is 2.04. The van der Waals surface area contributed by atoms with Gasteiger partial charge in [0.15, 0.2) is 0 Å². The number of nitrogens with zero attached hydrogens (tertiary/aromatic N) is 2. The molecule has 0 saturated carbocycles. The van der Waals surface area contributed by atoms with Crippen LogP contribution in [0.2, 0.25) is 0 Å². The molecule has 0 spiro atoms. The highest BCUT2D eigenvalue weighted by Crippen LogP contribution is 2.16. The molecular formula is C14H18N2O2S. The predicted molar refractivity (Wildman–Crippen MR) is 76.3 cm³/mol. The third-order valence-corrected chi connectivity index (χ3v) is 3.99. The third kappa shape index (κ3) is 3.80. The topological polar surface area (TPSA) is 43.8 Å². The van der Waals surface area contributed by atoms with E-state index in [1.54, 1.807) is 0 Å². The summed E-state index contributed by atoms with van der Waals surface area (Å²) in [4.78, 5) is 17.3. The van der Waals surface area contributed by atoms with E-state index in [9.17, 15) is 4.79 Å². The van der Waals surface area contributed by atoms with Crippen molar-refractivity contribution in [3.8, 4) is 11.8 Å². The zero-order valence-electron chi connectivity index (χ0n) is 11.1. The van der Waals surface area contributed by atoms with Gasteiger partial charge in [0.25, 0.3) is 5.91 Å². The van der Waals surface area contributed by atoms with Crippen LogP contribution in [0.4, 0.5) is 0 Å².